The van der Waals surface area contributed by atoms with Gasteiger partial charge in [0.25, 0.3) is 5.91 Å². The van der Waals surface area contributed by atoms with Gasteiger partial charge in [-0.05, 0) is 60.4 Å². The van der Waals surface area contributed by atoms with Crippen molar-refractivity contribution in [2.24, 2.45) is 5.73 Å². The third kappa shape index (κ3) is 4.00. The second-order valence-corrected chi connectivity index (χ2v) is 7.08. The Morgan fingerprint density at radius 3 is 2.48 bits per heavy atom. The molecule has 0 saturated heterocycles. The van der Waals surface area contributed by atoms with Crippen molar-refractivity contribution in [3.63, 3.8) is 0 Å². The predicted molar refractivity (Wildman–Crippen MR) is 104 cm³/mol. The van der Waals surface area contributed by atoms with E-state index in [-0.39, 0.29) is 17.5 Å². The monoisotopic (exact) mass is 397 g/mol. The Bertz CT molecular complexity index is 1060. The van der Waals surface area contributed by atoms with E-state index in [4.69, 9.17) is 5.73 Å². The van der Waals surface area contributed by atoms with Crippen LogP contribution in [0.25, 0.3) is 11.3 Å². The van der Waals surface area contributed by atoms with Gasteiger partial charge >= 0.3 is 6.18 Å². The van der Waals surface area contributed by atoms with E-state index in [1.165, 1.54) is 23.9 Å². The van der Waals surface area contributed by atoms with Crippen molar-refractivity contribution in [1.29, 1.82) is 0 Å². The summed E-state index contributed by atoms with van der Waals surface area (Å²) in [6, 6.07) is 13.6. The van der Waals surface area contributed by atoms with Crippen molar-refractivity contribution in [3.8, 4) is 11.3 Å². The number of alkyl halides is 3. The average molecular weight is 397 g/mol. The van der Waals surface area contributed by atoms with Crippen LogP contribution >= 0.6 is 0 Å². The molecular formula is C22H18F3N3O. The highest BCUT2D eigenvalue weighted by atomic mass is 19.4. The van der Waals surface area contributed by atoms with Gasteiger partial charge < -0.3 is 11.1 Å². The first kappa shape index (κ1) is 19.1. The number of carbonyl (C=O) groups excluding carboxylic acids is 1. The van der Waals surface area contributed by atoms with Crippen LogP contribution in [0, 0.1) is 0 Å². The Hall–Kier alpha value is -3.19. The molecule has 2 aromatic carbocycles. The predicted octanol–water partition coefficient (Wildman–Crippen LogP) is 4.45. The number of anilines is 1. The molecule has 1 aliphatic rings. The van der Waals surface area contributed by atoms with E-state index < -0.39 is 11.7 Å². The second-order valence-electron chi connectivity index (χ2n) is 7.08. The number of fused-ring (bicyclic) bond motifs is 1. The van der Waals surface area contributed by atoms with E-state index >= 15 is 0 Å². The first-order chi connectivity index (χ1) is 13.8. The van der Waals surface area contributed by atoms with E-state index in [1.54, 1.807) is 12.1 Å². The summed E-state index contributed by atoms with van der Waals surface area (Å²) in [5, 5.41) is 2.85. The Balaban J connectivity index is 1.60. The lowest BCUT2D eigenvalue weighted by atomic mass is 10.0. The zero-order chi connectivity index (χ0) is 20.6. The molecule has 148 valence electrons. The third-order valence-electron chi connectivity index (χ3n) is 4.97. The highest BCUT2D eigenvalue weighted by Crippen LogP contribution is 2.31. The Kier molecular flexibility index (Phi) is 4.84. The smallest absolute Gasteiger partial charge is 0.327 e. The fourth-order valence-electron chi connectivity index (χ4n) is 3.56. The molecule has 0 aliphatic heterocycles. The Labute approximate surface area is 165 Å². The average Bonchev–Trinajstić information content (AvgIpc) is 3.06. The Morgan fingerprint density at radius 2 is 1.76 bits per heavy atom. The van der Waals surface area contributed by atoms with Gasteiger partial charge in [-0.3, -0.25) is 9.78 Å². The molecule has 1 unspecified atom stereocenters. The SMILES string of the molecule is NC1Cc2ccc(NC(=O)c3cccnc3-c3ccc(C(F)(F)F)cc3)cc2C1. The summed E-state index contributed by atoms with van der Waals surface area (Å²) in [6.45, 7) is 0. The third-order valence-corrected chi connectivity index (χ3v) is 4.97. The number of amides is 1. The highest BCUT2D eigenvalue weighted by Gasteiger charge is 2.30. The first-order valence-corrected chi connectivity index (χ1v) is 9.12. The molecule has 7 heteroatoms. The summed E-state index contributed by atoms with van der Waals surface area (Å²) in [7, 11) is 0. The van der Waals surface area contributed by atoms with Crippen molar-refractivity contribution in [1.82, 2.24) is 4.98 Å². The van der Waals surface area contributed by atoms with Crippen LogP contribution in [-0.4, -0.2) is 16.9 Å². The normalized spacial score (nSPS) is 15.8. The summed E-state index contributed by atoms with van der Waals surface area (Å²) in [5.74, 6) is -0.379. The van der Waals surface area contributed by atoms with E-state index in [0.29, 0.717) is 16.9 Å². The molecule has 1 amide bonds. The van der Waals surface area contributed by atoms with Gasteiger partial charge in [0, 0.05) is 23.5 Å². The molecule has 1 aliphatic carbocycles. The minimum atomic E-state index is -4.42. The van der Waals surface area contributed by atoms with Gasteiger partial charge in [0.1, 0.15) is 0 Å². The molecule has 3 N–H and O–H groups in total. The lowest BCUT2D eigenvalue weighted by Crippen LogP contribution is -2.19. The molecule has 0 saturated carbocycles. The van der Waals surface area contributed by atoms with Crippen LogP contribution in [0.3, 0.4) is 0 Å². The van der Waals surface area contributed by atoms with Crippen LogP contribution in [-0.2, 0) is 19.0 Å². The molecule has 0 fully saturated rings. The highest BCUT2D eigenvalue weighted by molar-refractivity contribution is 6.08. The van der Waals surface area contributed by atoms with Crippen LogP contribution in [0.5, 0.6) is 0 Å². The van der Waals surface area contributed by atoms with E-state index in [1.807, 2.05) is 18.2 Å². The molecule has 4 rings (SSSR count). The summed E-state index contributed by atoms with van der Waals surface area (Å²) in [4.78, 5) is 17.1. The van der Waals surface area contributed by atoms with Crippen LogP contribution in [0.2, 0.25) is 0 Å². The summed E-state index contributed by atoms with van der Waals surface area (Å²) < 4.78 is 38.4. The van der Waals surface area contributed by atoms with E-state index in [2.05, 4.69) is 10.3 Å². The number of hydrogen-bond donors (Lipinski definition) is 2. The van der Waals surface area contributed by atoms with Crippen molar-refractivity contribution >= 4 is 11.6 Å². The van der Waals surface area contributed by atoms with Crippen molar-refractivity contribution in [3.05, 3.63) is 83.0 Å². The van der Waals surface area contributed by atoms with Crippen LogP contribution in [0.1, 0.15) is 27.0 Å². The first-order valence-electron chi connectivity index (χ1n) is 9.12. The van der Waals surface area contributed by atoms with Crippen molar-refractivity contribution in [2.75, 3.05) is 5.32 Å². The van der Waals surface area contributed by atoms with Crippen molar-refractivity contribution < 1.29 is 18.0 Å². The lowest BCUT2D eigenvalue weighted by molar-refractivity contribution is -0.137. The molecule has 29 heavy (non-hydrogen) atoms. The van der Waals surface area contributed by atoms with Crippen LogP contribution in [0.15, 0.2) is 60.8 Å². The number of benzene rings is 2. The number of rotatable bonds is 3. The Morgan fingerprint density at radius 1 is 1.03 bits per heavy atom. The standard InChI is InChI=1S/C22H18F3N3O/c23-22(24,25)16-6-3-13(4-7-16)20-19(2-1-9-27-20)21(29)28-18-8-5-14-10-17(26)11-15(14)12-18/h1-9,12,17H,10-11,26H2,(H,28,29). The van der Waals surface area contributed by atoms with Gasteiger partial charge in [-0.15, -0.1) is 0 Å². The lowest BCUT2D eigenvalue weighted by Gasteiger charge is -2.12. The number of pyridine rings is 1. The number of hydrogen-bond acceptors (Lipinski definition) is 3. The number of carbonyl (C=O) groups is 1. The van der Waals surface area contributed by atoms with Crippen molar-refractivity contribution in [2.45, 2.75) is 25.1 Å². The molecule has 1 heterocycles. The molecular weight excluding hydrogens is 379 g/mol. The van der Waals surface area contributed by atoms with E-state index in [9.17, 15) is 18.0 Å². The molecule has 1 aromatic heterocycles. The number of nitrogens with one attached hydrogen (secondary N) is 1. The van der Waals surface area contributed by atoms with Crippen LogP contribution in [0.4, 0.5) is 18.9 Å². The molecule has 4 nitrogen and oxygen atoms in total. The molecule has 0 radical (unpaired) electrons. The summed E-state index contributed by atoms with van der Waals surface area (Å²) in [6.07, 6.45) is -1.33. The number of nitrogens with two attached hydrogens (primary N) is 1. The molecule has 3 aromatic rings. The van der Waals surface area contributed by atoms with E-state index in [0.717, 1.165) is 30.5 Å². The molecule has 0 spiro atoms. The van der Waals surface area contributed by atoms with Gasteiger partial charge in [0.15, 0.2) is 0 Å². The fraction of sp³-hybridized carbons (Fsp3) is 0.182. The topological polar surface area (TPSA) is 68.0 Å². The minimum absolute atomic E-state index is 0.0977. The van der Waals surface area contributed by atoms with Gasteiger partial charge in [-0.25, -0.2) is 0 Å². The number of aromatic nitrogens is 1. The zero-order valence-corrected chi connectivity index (χ0v) is 15.3. The quantitative estimate of drug-likeness (QED) is 0.686. The maximum atomic E-state index is 12.8. The number of halogens is 3. The van der Waals surface area contributed by atoms with Crippen LogP contribution < -0.4 is 11.1 Å². The minimum Gasteiger partial charge on any atom is -0.327 e. The largest absolute Gasteiger partial charge is 0.416 e. The molecule has 1 atom stereocenters. The van der Waals surface area contributed by atoms with Gasteiger partial charge in [-0.2, -0.15) is 13.2 Å². The zero-order valence-electron chi connectivity index (χ0n) is 15.3. The maximum Gasteiger partial charge on any atom is 0.416 e. The second kappa shape index (κ2) is 7.33. The van der Waals surface area contributed by atoms with Gasteiger partial charge in [0.2, 0.25) is 0 Å². The molecule has 0 bridgehead atoms. The summed E-state index contributed by atoms with van der Waals surface area (Å²) >= 11 is 0. The fourth-order valence-corrected chi connectivity index (χ4v) is 3.56. The van der Waals surface area contributed by atoms with Gasteiger partial charge in [0.05, 0.1) is 16.8 Å². The maximum absolute atomic E-state index is 12.8. The van der Waals surface area contributed by atoms with Gasteiger partial charge in [-0.1, -0.05) is 18.2 Å². The summed E-state index contributed by atoms with van der Waals surface area (Å²) in [5.41, 5.74) is 9.21. The number of nitrogens with zero attached hydrogens (tertiary/aromatic N) is 1.